The van der Waals surface area contributed by atoms with Crippen LogP contribution in [0.25, 0.3) is 17.0 Å². The highest BCUT2D eigenvalue weighted by atomic mass is 19.1. The Morgan fingerprint density at radius 2 is 2.04 bits per heavy atom. The SMILES string of the molecule is Cc1ccc(-c2cn3cccnc3n2)cc1NC(=O)c1cccc(F)c1. The molecule has 0 atom stereocenters. The number of aryl methyl sites for hydroxylation is 1. The Morgan fingerprint density at radius 3 is 2.85 bits per heavy atom. The van der Waals surface area contributed by atoms with Gasteiger partial charge >= 0.3 is 0 Å². The fourth-order valence-corrected chi connectivity index (χ4v) is 2.71. The summed E-state index contributed by atoms with van der Waals surface area (Å²) in [7, 11) is 0. The van der Waals surface area contributed by atoms with E-state index in [-0.39, 0.29) is 11.5 Å². The number of hydrogen-bond donors (Lipinski definition) is 1. The highest BCUT2D eigenvalue weighted by Crippen LogP contribution is 2.25. The van der Waals surface area contributed by atoms with E-state index in [1.807, 2.05) is 48.0 Å². The molecule has 2 aromatic heterocycles. The Kier molecular flexibility index (Phi) is 3.93. The van der Waals surface area contributed by atoms with Gasteiger partial charge in [-0.3, -0.25) is 9.20 Å². The van der Waals surface area contributed by atoms with E-state index >= 15 is 0 Å². The molecule has 6 heteroatoms. The Labute approximate surface area is 149 Å². The van der Waals surface area contributed by atoms with Crippen LogP contribution in [-0.4, -0.2) is 20.3 Å². The molecule has 0 unspecified atom stereocenters. The van der Waals surface area contributed by atoms with Gasteiger partial charge < -0.3 is 5.32 Å². The second-order valence-corrected chi connectivity index (χ2v) is 5.95. The number of carbonyl (C=O) groups excluding carboxylic acids is 1. The average molecular weight is 346 g/mol. The van der Waals surface area contributed by atoms with Crippen molar-refractivity contribution in [1.29, 1.82) is 0 Å². The van der Waals surface area contributed by atoms with E-state index < -0.39 is 5.82 Å². The molecule has 0 aliphatic carbocycles. The first-order valence-electron chi connectivity index (χ1n) is 8.08. The number of halogens is 1. The molecule has 0 aliphatic heterocycles. The summed E-state index contributed by atoms with van der Waals surface area (Å²) < 4.78 is 15.2. The molecule has 4 aromatic rings. The van der Waals surface area contributed by atoms with Gasteiger partial charge in [0.2, 0.25) is 5.78 Å². The third kappa shape index (κ3) is 3.04. The maximum atomic E-state index is 13.3. The quantitative estimate of drug-likeness (QED) is 0.608. The molecule has 0 aliphatic rings. The molecule has 0 radical (unpaired) electrons. The number of rotatable bonds is 3. The number of amides is 1. The molecule has 4 rings (SSSR count). The summed E-state index contributed by atoms with van der Waals surface area (Å²) in [6, 6.07) is 13.1. The van der Waals surface area contributed by atoms with Crippen LogP contribution in [0.3, 0.4) is 0 Å². The lowest BCUT2D eigenvalue weighted by molar-refractivity contribution is 0.102. The first-order chi connectivity index (χ1) is 12.6. The Hall–Kier alpha value is -3.54. The molecule has 2 aromatic carbocycles. The van der Waals surface area contributed by atoms with Gasteiger partial charge in [-0.25, -0.2) is 14.4 Å². The molecule has 26 heavy (non-hydrogen) atoms. The molecule has 0 bridgehead atoms. The van der Waals surface area contributed by atoms with Crippen LogP contribution in [-0.2, 0) is 0 Å². The third-order valence-corrected chi connectivity index (χ3v) is 4.10. The smallest absolute Gasteiger partial charge is 0.255 e. The van der Waals surface area contributed by atoms with Crippen LogP contribution in [0.15, 0.2) is 67.1 Å². The van der Waals surface area contributed by atoms with E-state index in [4.69, 9.17) is 0 Å². The van der Waals surface area contributed by atoms with Crippen molar-refractivity contribution < 1.29 is 9.18 Å². The van der Waals surface area contributed by atoms with Gasteiger partial charge in [-0.05, 0) is 42.8 Å². The zero-order valence-electron chi connectivity index (χ0n) is 14.0. The lowest BCUT2D eigenvalue weighted by Crippen LogP contribution is -2.13. The number of nitrogens with zero attached hydrogens (tertiary/aromatic N) is 3. The molecule has 0 saturated heterocycles. The largest absolute Gasteiger partial charge is 0.322 e. The second kappa shape index (κ2) is 6.40. The van der Waals surface area contributed by atoms with E-state index in [9.17, 15) is 9.18 Å². The molecule has 128 valence electrons. The van der Waals surface area contributed by atoms with Crippen molar-refractivity contribution in [3.8, 4) is 11.3 Å². The van der Waals surface area contributed by atoms with Gasteiger partial charge in [-0.1, -0.05) is 18.2 Å². The van der Waals surface area contributed by atoms with Crippen molar-refractivity contribution in [2.75, 3.05) is 5.32 Å². The molecule has 5 nitrogen and oxygen atoms in total. The summed E-state index contributed by atoms with van der Waals surface area (Å²) in [5, 5.41) is 2.84. The number of hydrogen-bond acceptors (Lipinski definition) is 3. The van der Waals surface area contributed by atoms with E-state index in [0.717, 1.165) is 16.8 Å². The number of carbonyl (C=O) groups is 1. The Balaban J connectivity index is 1.67. The molecular weight excluding hydrogens is 331 g/mol. The zero-order valence-corrected chi connectivity index (χ0v) is 14.0. The minimum absolute atomic E-state index is 0.270. The fourth-order valence-electron chi connectivity index (χ4n) is 2.71. The first kappa shape index (κ1) is 16.0. The molecule has 0 spiro atoms. The second-order valence-electron chi connectivity index (χ2n) is 5.95. The predicted octanol–water partition coefficient (Wildman–Crippen LogP) is 4.10. The van der Waals surface area contributed by atoms with Crippen molar-refractivity contribution in [3.63, 3.8) is 0 Å². The average Bonchev–Trinajstić information content (AvgIpc) is 3.07. The van der Waals surface area contributed by atoms with Crippen molar-refractivity contribution in [1.82, 2.24) is 14.4 Å². The number of fused-ring (bicyclic) bond motifs is 1. The predicted molar refractivity (Wildman–Crippen MR) is 97.5 cm³/mol. The summed E-state index contributed by atoms with van der Waals surface area (Å²) >= 11 is 0. The Bertz CT molecular complexity index is 1090. The van der Waals surface area contributed by atoms with Crippen molar-refractivity contribution >= 4 is 17.4 Å². The minimum atomic E-state index is -0.444. The molecule has 1 amide bonds. The number of benzene rings is 2. The van der Waals surface area contributed by atoms with Crippen LogP contribution in [0.1, 0.15) is 15.9 Å². The monoisotopic (exact) mass is 346 g/mol. The third-order valence-electron chi connectivity index (χ3n) is 4.10. The van der Waals surface area contributed by atoms with E-state index in [2.05, 4.69) is 15.3 Å². The maximum absolute atomic E-state index is 13.3. The lowest BCUT2D eigenvalue weighted by atomic mass is 10.1. The number of anilines is 1. The van der Waals surface area contributed by atoms with Gasteiger partial charge in [-0.2, -0.15) is 0 Å². The molecule has 1 N–H and O–H groups in total. The van der Waals surface area contributed by atoms with E-state index in [1.54, 1.807) is 12.3 Å². The van der Waals surface area contributed by atoms with Crippen molar-refractivity contribution in [2.24, 2.45) is 0 Å². The van der Waals surface area contributed by atoms with E-state index in [1.165, 1.54) is 18.2 Å². The molecule has 0 saturated carbocycles. The summed E-state index contributed by atoms with van der Waals surface area (Å²) in [5.74, 6) is -0.199. The van der Waals surface area contributed by atoms with Gasteiger partial charge in [0.05, 0.1) is 5.69 Å². The normalized spacial score (nSPS) is 10.8. The van der Waals surface area contributed by atoms with Gasteiger partial charge in [0.15, 0.2) is 0 Å². The highest BCUT2D eigenvalue weighted by molar-refractivity contribution is 6.04. The zero-order chi connectivity index (χ0) is 18.1. The highest BCUT2D eigenvalue weighted by Gasteiger charge is 2.11. The lowest BCUT2D eigenvalue weighted by Gasteiger charge is -2.10. The first-order valence-corrected chi connectivity index (χ1v) is 8.08. The standard InChI is InChI=1S/C20H15FN4O/c1-13-6-7-14(18-12-25-9-3-8-22-20(25)24-18)11-17(13)23-19(26)15-4-2-5-16(21)10-15/h2-12H,1H3,(H,23,26). The van der Waals surface area contributed by atoms with Gasteiger partial charge in [0.25, 0.3) is 5.91 Å². The minimum Gasteiger partial charge on any atom is -0.322 e. The summed E-state index contributed by atoms with van der Waals surface area (Å²) in [5.41, 5.74) is 3.44. The van der Waals surface area contributed by atoms with Crippen LogP contribution in [0.5, 0.6) is 0 Å². The van der Waals surface area contributed by atoms with Crippen LogP contribution in [0, 0.1) is 12.7 Å². The van der Waals surface area contributed by atoms with Crippen LogP contribution < -0.4 is 5.32 Å². The van der Waals surface area contributed by atoms with Crippen molar-refractivity contribution in [3.05, 3.63) is 84.1 Å². The van der Waals surface area contributed by atoms with Crippen LogP contribution >= 0.6 is 0 Å². The fraction of sp³-hybridized carbons (Fsp3) is 0.0500. The van der Waals surface area contributed by atoms with Crippen LogP contribution in [0.2, 0.25) is 0 Å². The Morgan fingerprint density at radius 1 is 1.15 bits per heavy atom. The summed E-state index contributed by atoms with van der Waals surface area (Å²) in [4.78, 5) is 21.1. The number of nitrogens with one attached hydrogen (secondary N) is 1. The van der Waals surface area contributed by atoms with Gasteiger partial charge in [0.1, 0.15) is 5.82 Å². The van der Waals surface area contributed by atoms with Crippen LogP contribution in [0.4, 0.5) is 10.1 Å². The van der Waals surface area contributed by atoms with Gasteiger partial charge in [0, 0.05) is 35.4 Å². The van der Waals surface area contributed by atoms with E-state index in [0.29, 0.717) is 11.5 Å². The molecule has 0 fully saturated rings. The molecule has 2 heterocycles. The number of imidazole rings is 1. The van der Waals surface area contributed by atoms with Crippen molar-refractivity contribution in [2.45, 2.75) is 6.92 Å². The maximum Gasteiger partial charge on any atom is 0.255 e. The number of aromatic nitrogens is 3. The van der Waals surface area contributed by atoms with Gasteiger partial charge in [-0.15, -0.1) is 0 Å². The summed E-state index contributed by atoms with van der Waals surface area (Å²) in [6.45, 7) is 1.90. The summed E-state index contributed by atoms with van der Waals surface area (Å²) in [6.07, 6.45) is 5.44. The molecular formula is C20H15FN4O. The topological polar surface area (TPSA) is 59.3 Å².